The lowest BCUT2D eigenvalue weighted by Gasteiger charge is -2.10. The van der Waals surface area contributed by atoms with Crippen molar-refractivity contribution < 1.29 is 4.74 Å². The van der Waals surface area contributed by atoms with Crippen molar-refractivity contribution in [1.82, 2.24) is 0 Å². The Hall–Kier alpha value is -1.38. The summed E-state index contributed by atoms with van der Waals surface area (Å²) in [5.74, 6) is 0.814. The van der Waals surface area contributed by atoms with Crippen LogP contribution in [0.5, 0.6) is 5.75 Å². The van der Waals surface area contributed by atoms with Crippen LogP contribution < -0.4 is 10.1 Å². The van der Waals surface area contributed by atoms with E-state index in [0.717, 1.165) is 22.7 Å². The Balaban J connectivity index is 2.25. The van der Waals surface area contributed by atoms with Crippen molar-refractivity contribution in [1.29, 1.82) is 0 Å². The van der Waals surface area contributed by atoms with Crippen LogP contribution in [0, 0.1) is 6.92 Å². The molecule has 0 radical (unpaired) electrons. The van der Waals surface area contributed by atoms with E-state index in [1.54, 1.807) is 7.11 Å². The van der Waals surface area contributed by atoms with Crippen LogP contribution in [0.3, 0.4) is 0 Å². The summed E-state index contributed by atoms with van der Waals surface area (Å²) in [7, 11) is 1.64. The summed E-state index contributed by atoms with van der Waals surface area (Å²) in [4.78, 5) is 0. The largest absolute Gasteiger partial charge is 0.497 e. The molecule has 18 heavy (non-hydrogen) atoms. The van der Waals surface area contributed by atoms with Crippen molar-refractivity contribution in [2.45, 2.75) is 6.92 Å². The summed E-state index contributed by atoms with van der Waals surface area (Å²) in [6, 6.07) is 11.3. The molecular weight excluding hydrogens is 269 g/mol. The smallest absolute Gasteiger partial charge is 0.119 e. The van der Waals surface area contributed by atoms with Gasteiger partial charge >= 0.3 is 0 Å². The van der Waals surface area contributed by atoms with Gasteiger partial charge in [-0.05, 0) is 48.9 Å². The van der Waals surface area contributed by atoms with Gasteiger partial charge in [0.25, 0.3) is 0 Å². The molecule has 0 saturated heterocycles. The first kappa shape index (κ1) is 13.1. The van der Waals surface area contributed by atoms with Gasteiger partial charge in [-0.2, -0.15) is 0 Å². The van der Waals surface area contributed by atoms with Crippen molar-refractivity contribution >= 4 is 34.6 Å². The highest BCUT2D eigenvalue weighted by Crippen LogP contribution is 2.31. The molecule has 4 heteroatoms. The maximum absolute atomic E-state index is 6.16. The minimum atomic E-state index is 0.646. The Kier molecular flexibility index (Phi) is 4.00. The monoisotopic (exact) mass is 281 g/mol. The normalized spacial score (nSPS) is 10.2. The second-order valence-corrected chi connectivity index (χ2v) is 4.75. The third-order valence-corrected chi connectivity index (χ3v) is 3.34. The maximum atomic E-state index is 6.16. The fourth-order valence-electron chi connectivity index (χ4n) is 1.57. The molecule has 0 unspecified atom stereocenters. The zero-order chi connectivity index (χ0) is 13.1. The third kappa shape index (κ3) is 2.89. The van der Waals surface area contributed by atoms with E-state index >= 15 is 0 Å². The molecule has 2 rings (SSSR count). The fourth-order valence-corrected chi connectivity index (χ4v) is 2.00. The Morgan fingerprint density at radius 1 is 1.00 bits per heavy atom. The molecule has 0 atom stereocenters. The number of aryl methyl sites for hydroxylation is 1. The van der Waals surface area contributed by atoms with E-state index in [2.05, 4.69) is 5.32 Å². The molecule has 2 aromatic carbocycles. The summed E-state index contributed by atoms with van der Waals surface area (Å²) in [6.45, 7) is 1.92. The molecule has 2 nitrogen and oxygen atoms in total. The van der Waals surface area contributed by atoms with E-state index in [0.29, 0.717) is 10.0 Å². The van der Waals surface area contributed by atoms with Crippen LogP contribution in [0.1, 0.15) is 5.56 Å². The second-order valence-electron chi connectivity index (χ2n) is 3.93. The van der Waals surface area contributed by atoms with Crippen LogP contribution in [-0.2, 0) is 0 Å². The van der Waals surface area contributed by atoms with Gasteiger partial charge in [-0.15, -0.1) is 0 Å². The zero-order valence-electron chi connectivity index (χ0n) is 10.1. The highest BCUT2D eigenvalue weighted by atomic mass is 35.5. The van der Waals surface area contributed by atoms with Gasteiger partial charge in [-0.25, -0.2) is 0 Å². The first-order valence-electron chi connectivity index (χ1n) is 5.47. The lowest BCUT2D eigenvalue weighted by atomic mass is 10.2. The molecule has 0 bridgehead atoms. The lowest BCUT2D eigenvalue weighted by molar-refractivity contribution is 0.415. The van der Waals surface area contributed by atoms with Gasteiger partial charge in [0, 0.05) is 10.7 Å². The van der Waals surface area contributed by atoms with Crippen molar-refractivity contribution in [3.8, 4) is 5.75 Å². The van der Waals surface area contributed by atoms with E-state index in [9.17, 15) is 0 Å². The van der Waals surface area contributed by atoms with Crippen LogP contribution >= 0.6 is 23.2 Å². The van der Waals surface area contributed by atoms with Gasteiger partial charge in [-0.3, -0.25) is 0 Å². The molecule has 0 aliphatic heterocycles. The summed E-state index contributed by atoms with van der Waals surface area (Å²) in [5.41, 5.74) is 2.68. The number of methoxy groups -OCH3 is 1. The Bertz CT molecular complexity index is 552. The minimum absolute atomic E-state index is 0.646. The average Bonchev–Trinajstić information content (AvgIpc) is 2.37. The summed E-state index contributed by atoms with van der Waals surface area (Å²) < 4.78 is 5.10. The lowest BCUT2D eigenvalue weighted by Crippen LogP contribution is -1.92. The van der Waals surface area contributed by atoms with Gasteiger partial charge in [-0.1, -0.05) is 23.2 Å². The van der Waals surface area contributed by atoms with E-state index < -0.39 is 0 Å². The quantitative estimate of drug-likeness (QED) is 0.850. The van der Waals surface area contributed by atoms with Crippen molar-refractivity contribution in [2.24, 2.45) is 0 Å². The second kappa shape index (κ2) is 5.51. The minimum Gasteiger partial charge on any atom is -0.497 e. The molecule has 0 aliphatic carbocycles. The van der Waals surface area contributed by atoms with E-state index in [1.807, 2.05) is 43.3 Å². The Morgan fingerprint density at radius 2 is 1.67 bits per heavy atom. The first-order valence-corrected chi connectivity index (χ1v) is 6.22. The number of halogens is 2. The SMILES string of the molecule is COc1ccc(Nc2cc(Cl)c(C)cc2Cl)cc1. The molecule has 0 fully saturated rings. The van der Waals surface area contributed by atoms with Crippen LogP contribution in [-0.4, -0.2) is 7.11 Å². The van der Waals surface area contributed by atoms with Crippen LogP contribution in [0.4, 0.5) is 11.4 Å². The van der Waals surface area contributed by atoms with Crippen LogP contribution in [0.25, 0.3) is 0 Å². The van der Waals surface area contributed by atoms with Gasteiger partial charge in [0.15, 0.2) is 0 Å². The predicted molar refractivity (Wildman–Crippen MR) is 77.5 cm³/mol. The van der Waals surface area contributed by atoms with Crippen molar-refractivity contribution in [3.63, 3.8) is 0 Å². The molecular formula is C14H13Cl2NO. The van der Waals surface area contributed by atoms with E-state index in [4.69, 9.17) is 27.9 Å². The molecule has 0 saturated carbocycles. The molecule has 0 spiro atoms. The van der Waals surface area contributed by atoms with Crippen LogP contribution in [0.15, 0.2) is 36.4 Å². The van der Waals surface area contributed by atoms with E-state index in [-0.39, 0.29) is 0 Å². The number of hydrogen-bond acceptors (Lipinski definition) is 2. The molecule has 0 aromatic heterocycles. The topological polar surface area (TPSA) is 21.3 Å². The fraction of sp³-hybridized carbons (Fsp3) is 0.143. The molecule has 94 valence electrons. The van der Waals surface area contributed by atoms with Gasteiger partial charge in [0.2, 0.25) is 0 Å². The van der Waals surface area contributed by atoms with Gasteiger partial charge in [0.1, 0.15) is 5.75 Å². The third-order valence-electron chi connectivity index (χ3n) is 2.62. The average molecular weight is 282 g/mol. The van der Waals surface area contributed by atoms with Crippen LogP contribution in [0.2, 0.25) is 10.0 Å². The van der Waals surface area contributed by atoms with Crippen molar-refractivity contribution in [2.75, 3.05) is 12.4 Å². The van der Waals surface area contributed by atoms with Gasteiger partial charge in [0.05, 0.1) is 17.8 Å². The van der Waals surface area contributed by atoms with E-state index in [1.165, 1.54) is 0 Å². The zero-order valence-corrected chi connectivity index (χ0v) is 11.6. The molecule has 0 amide bonds. The number of hydrogen-bond donors (Lipinski definition) is 1. The maximum Gasteiger partial charge on any atom is 0.119 e. The summed E-state index contributed by atoms with van der Waals surface area (Å²) in [6.07, 6.45) is 0. The first-order chi connectivity index (χ1) is 8.60. The Morgan fingerprint density at radius 3 is 2.28 bits per heavy atom. The number of rotatable bonds is 3. The molecule has 2 aromatic rings. The van der Waals surface area contributed by atoms with Crippen molar-refractivity contribution in [3.05, 3.63) is 52.0 Å². The Labute approximate surface area is 116 Å². The standard InChI is InChI=1S/C14H13Cl2NO/c1-9-7-13(16)14(8-12(9)15)17-10-3-5-11(18-2)6-4-10/h3-8,17H,1-2H3. The molecule has 1 N–H and O–H groups in total. The predicted octanol–water partition coefficient (Wildman–Crippen LogP) is 5.05. The number of nitrogens with one attached hydrogen (secondary N) is 1. The van der Waals surface area contributed by atoms with Gasteiger partial charge < -0.3 is 10.1 Å². The molecule has 0 aliphatic rings. The number of ether oxygens (including phenoxy) is 1. The highest BCUT2D eigenvalue weighted by Gasteiger charge is 2.05. The summed E-state index contributed by atoms with van der Waals surface area (Å²) in [5, 5.41) is 4.56. The number of benzene rings is 2. The highest BCUT2D eigenvalue weighted by molar-refractivity contribution is 6.35. The number of anilines is 2. The molecule has 0 heterocycles. The summed E-state index contributed by atoms with van der Waals surface area (Å²) >= 11 is 12.2.